The summed E-state index contributed by atoms with van der Waals surface area (Å²) in [6, 6.07) is 7.26. The predicted molar refractivity (Wildman–Crippen MR) is 136 cm³/mol. The van der Waals surface area contributed by atoms with E-state index in [4.69, 9.17) is 0 Å². The Hall–Kier alpha value is -4.30. The van der Waals surface area contributed by atoms with Gasteiger partial charge in [0.15, 0.2) is 5.69 Å². The molecular weight excluding hydrogens is 525 g/mol. The summed E-state index contributed by atoms with van der Waals surface area (Å²) in [5.41, 5.74) is -1.38. The molecule has 0 spiro atoms. The third-order valence-electron chi connectivity index (χ3n) is 5.33. The lowest BCUT2D eigenvalue weighted by atomic mass is 10.1. The molecule has 4 N–H and O–H groups in total. The fourth-order valence-corrected chi connectivity index (χ4v) is 4.49. The first-order valence-corrected chi connectivity index (χ1v) is 12.1. The minimum Gasteiger partial charge on any atom is -0.395 e. The molecule has 3 aromatic heterocycles. The van der Waals surface area contributed by atoms with Gasteiger partial charge < -0.3 is 20.3 Å². The predicted octanol–water partition coefficient (Wildman–Crippen LogP) is 3.92. The van der Waals surface area contributed by atoms with Crippen LogP contribution in [-0.2, 0) is 12.7 Å². The maximum Gasteiger partial charge on any atom is 0.434 e. The number of anilines is 2. The first-order valence-electron chi connectivity index (χ1n) is 11.2. The van der Waals surface area contributed by atoms with Gasteiger partial charge in [0.25, 0.3) is 5.91 Å². The van der Waals surface area contributed by atoms with Gasteiger partial charge in [0.2, 0.25) is 5.43 Å². The van der Waals surface area contributed by atoms with Crippen molar-refractivity contribution in [2.75, 3.05) is 23.8 Å². The highest BCUT2D eigenvalue weighted by atomic mass is 32.1. The van der Waals surface area contributed by atoms with Gasteiger partial charge in [0, 0.05) is 35.6 Å². The van der Waals surface area contributed by atoms with Crippen molar-refractivity contribution in [3.8, 4) is 10.6 Å². The molecule has 0 radical (unpaired) electrons. The molecule has 0 atom stereocenters. The molecule has 0 aliphatic heterocycles. The number of aliphatic hydroxyl groups excluding tert-OH is 1. The molecule has 0 saturated carbocycles. The van der Waals surface area contributed by atoms with E-state index in [1.54, 1.807) is 35.8 Å². The van der Waals surface area contributed by atoms with Gasteiger partial charge in [-0.3, -0.25) is 14.9 Å². The standard InChI is InChI=1S/C24H21F3N6O4S/c1-2-28-23(37)32-19-9-14(22-31-18(12-38-22)24(25,26)27)16(10-29-19)30-21(36)15-11-33(7-8-34)17-6-4-3-5-13(17)20(15)35/h3-6,9-12,34H,2,7-8H2,1H3,(H,30,36)(H2,28,29,32,37). The van der Waals surface area contributed by atoms with Gasteiger partial charge in [-0.1, -0.05) is 12.1 Å². The lowest BCUT2D eigenvalue weighted by Crippen LogP contribution is -2.28. The second-order valence-electron chi connectivity index (χ2n) is 7.90. The Morgan fingerprint density at radius 3 is 2.63 bits per heavy atom. The van der Waals surface area contributed by atoms with Crippen LogP contribution in [0.15, 0.2) is 52.9 Å². The van der Waals surface area contributed by atoms with Crippen LogP contribution in [0.3, 0.4) is 0 Å². The third kappa shape index (κ3) is 5.65. The molecule has 14 heteroatoms. The van der Waals surface area contributed by atoms with Crippen molar-refractivity contribution in [3.05, 3.63) is 69.6 Å². The number of hydrogen-bond donors (Lipinski definition) is 4. The van der Waals surface area contributed by atoms with Gasteiger partial charge >= 0.3 is 12.2 Å². The largest absolute Gasteiger partial charge is 0.434 e. The van der Waals surface area contributed by atoms with E-state index < -0.39 is 29.2 Å². The minimum absolute atomic E-state index is 0.00344. The van der Waals surface area contributed by atoms with Crippen LogP contribution in [0.1, 0.15) is 23.0 Å². The third-order valence-corrected chi connectivity index (χ3v) is 6.20. The Balaban J connectivity index is 1.76. The first-order chi connectivity index (χ1) is 18.1. The van der Waals surface area contributed by atoms with Crippen molar-refractivity contribution in [1.82, 2.24) is 19.9 Å². The molecule has 1 aromatic carbocycles. The summed E-state index contributed by atoms with van der Waals surface area (Å²) in [5.74, 6) is -0.837. The van der Waals surface area contributed by atoms with E-state index in [9.17, 15) is 32.7 Å². The van der Waals surface area contributed by atoms with Crippen LogP contribution in [-0.4, -0.2) is 44.7 Å². The van der Waals surface area contributed by atoms with Crippen molar-refractivity contribution in [1.29, 1.82) is 0 Å². The molecule has 3 amide bonds. The van der Waals surface area contributed by atoms with Crippen molar-refractivity contribution < 1.29 is 27.9 Å². The molecular formula is C24H21F3N6O4S. The smallest absolute Gasteiger partial charge is 0.395 e. The summed E-state index contributed by atoms with van der Waals surface area (Å²) in [5, 5.41) is 17.9. The van der Waals surface area contributed by atoms with Crippen molar-refractivity contribution >= 4 is 45.7 Å². The average Bonchev–Trinajstić information content (AvgIpc) is 3.38. The lowest BCUT2D eigenvalue weighted by Gasteiger charge is -2.14. The van der Waals surface area contributed by atoms with E-state index in [1.807, 2.05) is 0 Å². The van der Waals surface area contributed by atoms with Gasteiger partial charge in [0.05, 0.1) is 24.0 Å². The molecule has 0 saturated heterocycles. The number of thiazole rings is 1. The average molecular weight is 547 g/mol. The highest BCUT2D eigenvalue weighted by Gasteiger charge is 2.34. The van der Waals surface area contributed by atoms with Gasteiger partial charge in [-0.2, -0.15) is 13.2 Å². The number of nitrogens with one attached hydrogen (secondary N) is 3. The van der Waals surface area contributed by atoms with Gasteiger partial charge in [-0.25, -0.2) is 14.8 Å². The number of aromatic nitrogens is 3. The van der Waals surface area contributed by atoms with E-state index >= 15 is 0 Å². The number of carbonyl (C=O) groups is 2. The summed E-state index contributed by atoms with van der Waals surface area (Å²) < 4.78 is 41.2. The number of amides is 3. The number of alkyl halides is 3. The molecule has 3 heterocycles. The lowest BCUT2D eigenvalue weighted by molar-refractivity contribution is -0.140. The second kappa shape index (κ2) is 11.0. The number of benzene rings is 1. The molecule has 0 fully saturated rings. The van der Waals surface area contributed by atoms with Crippen LogP contribution < -0.4 is 21.4 Å². The number of hydrogen-bond acceptors (Lipinski definition) is 7. The highest BCUT2D eigenvalue weighted by molar-refractivity contribution is 7.13. The van der Waals surface area contributed by atoms with E-state index in [0.29, 0.717) is 23.4 Å². The van der Waals surface area contributed by atoms with Gasteiger partial charge in [-0.05, 0) is 25.1 Å². The minimum atomic E-state index is -4.68. The van der Waals surface area contributed by atoms with Crippen molar-refractivity contribution in [2.45, 2.75) is 19.6 Å². The normalized spacial score (nSPS) is 11.4. The Kier molecular flexibility index (Phi) is 7.73. The SMILES string of the molecule is CCNC(=O)Nc1cc(-c2nc(C(F)(F)F)cs2)c(NC(=O)c2cn(CCO)c3ccccc3c2=O)cn1. The van der Waals surface area contributed by atoms with E-state index in [0.717, 1.165) is 11.6 Å². The summed E-state index contributed by atoms with van der Waals surface area (Å²) in [7, 11) is 0. The maximum atomic E-state index is 13.2. The quantitative estimate of drug-likeness (QED) is 0.277. The van der Waals surface area contributed by atoms with Crippen molar-refractivity contribution in [2.24, 2.45) is 0 Å². The molecule has 0 aliphatic carbocycles. The monoisotopic (exact) mass is 546 g/mol. The molecule has 0 aliphatic rings. The Morgan fingerprint density at radius 2 is 1.95 bits per heavy atom. The van der Waals surface area contributed by atoms with Gasteiger partial charge in [0.1, 0.15) is 16.4 Å². The summed E-state index contributed by atoms with van der Waals surface area (Å²) in [6.45, 7) is 1.90. The molecule has 38 heavy (non-hydrogen) atoms. The number of fused-ring (bicyclic) bond motifs is 1. The van der Waals surface area contributed by atoms with Gasteiger partial charge in [-0.15, -0.1) is 11.3 Å². The molecule has 4 aromatic rings. The molecule has 0 unspecified atom stereocenters. The van der Waals surface area contributed by atoms with Crippen LogP contribution in [0.5, 0.6) is 0 Å². The topological polar surface area (TPSA) is 138 Å². The number of halogens is 3. The second-order valence-corrected chi connectivity index (χ2v) is 8.75. The van der Waals surface area contributed by atoms with Crippen molar-refractivity contribution in [3.63, 3.8) is 0 Å². The number of rotatable bonds is 7. The van der Waals surface area contributed by atoms with Crippen LogP contribution in [0.25, 0.3) is 21.5 Å². The zero-order valence-electron chi connectivity index (χ0n) is 19.8. The zero-order chi connectivity index (χ0) is 27.4. The Labute approximate surface area is 217 Å². The molecule has 4 rings (SSSR count). The highest BCUT2D eigenvalue weighted by Crippen LogP contribution is 2.37. The Morgan fingerprint density at radius 1 is 1.18 bits per heavy atom. The number of pyridine rings is 2. The number of nitrogens with zero attached hydrogens (tertiary/aromatic N) is 3. The van der Waals surface area contributed by atoms with Crippen LogP contribution in [0.2, 0.25) is 0 Å². The molecule has 198 valence electrons. The number of carbonyl (C=O) groups excluding carboxylic acids is 2. The maximum absolute atomic E-state index is 13.2. The molecule has 0 bridgehead atoms. The summed E-state index contributed by atoms with van der Waals surface area (Å²) in [4.78, 5) is 45.9. The zero-order valence-corrected chi connectivity index (χ0v) is 20.6. The fraction of sp³-hybridized carbons (Fsp3) is 0.208. The summed E-state index contributed by atoms with van der Waals surface area (Å²) >= 11 is 0.686. The number of para-hydroxylation sites is 1. The van der Waals surface area contributed by atoms with Crippen LogP contribution in [0.4, 0.5) is 29.5 Å². The van der Waals surface area contributed by atoms with E-state index in [2.05, 4.69) is 25.9 Å². The Bertz CT molecular complexity index is 1570. The first kappa shape index (κ1) is 26.8. The summed E-state index contributed by atoms with van der Waals surface area (Å²) in [6.07, 6.45) is -2.23. The number of aliphatic hydroxyl groups is 1. The van der Waals surface area contributed by atoms with E-state index in [1.165, 1.54) is 12.3 Å². The van der Waals surface area contributed by atoms with E-state index in [-0.39, 0.29) is 46.2 Å². The molecule has 10 nitrogen and oxygen atoms in total. The van der Waals surface area contributed by atoms with Crippen LogP contribution in [0, 0.1) is 0 Å². The van der Waals surface area contributed by atoms with Crippen LogP contribution >= 0.6 is 11.3 Å². The fourth-order valence-electron chi connectivity index (χ4n) is 3.64. The number of urea groups is 1.